The number of anilines is 1. The summed E-state index contributed by atoms with van der Waals surface area (Å²) < 4.78 is 18.9. The van der Waals surface area contributed by atoms with Crippen LogP contribution in [0, 0.1) is 10.7 Å². The van der Waals surface area contributed by atoms with Gasteiger partial charge in [0.2, 0.25) is 0 Å². The normalized spacial score (nSPS) is 12.9. The predicted molar refractivity (Wildman–Crippen MR) is 128 cm³/mol. The minimum absolute atomic E-state index is 0.124. The number of amidine groups is 1. The van der Waals surface area contributed by atoms with Gasteiger partial charge in [-0.1, -0.05) is 17.3 Å². The van der Waals surface area contributed by atoms with Gasteiger partial charge in [-0.2, -0.15) is 11.8 Å². The fourth-order valence-corrected chi connectivity index (χ4v) is 4.16. The van der Waals surface area contributed by atoms with Crippen molar-refractivity contribution in [1.82, 2.24) is 5.16 Å². The molecule has 2 heterocycles. The second-order valence-corrected chi connectivity index (χ2v) is 8.60. The molecule has 1 amide bonds. The van der Waals surface area contributed by atoms with E-state index in [1.807, 2.05) is 35.4 Å². The highest BCUT2D eigenvalue weighted by Gasteiger charge is 2.22. The van der Waals surface area contributed by atoms with Crippen molar-refractivity contribution >= 4 is 34.9 Å². The number of thioether (sulfide) groups is 1. The monoisotopic (exact) mass is 466 g/mol. The Morgan fingerprint density at radius 1 is 1.18 bits per heavy atom. The van der Waals surface area contributed by atoms with Gasteiger partial charge in [-0.05, 0) is 55.0 Å². The van der Waals surface area contributed by atoms with Crippen LogP contribution in [0.3, 0.4) is 0 Å². The number of benzene rings is 2. The van der Waals surface area contributed by atoms with Crippen molar-refractivity contribution in [2.24, 2.45) is 10.2 Å². The van der Waals surface area contributed by atoms with Gasteiger partial charge in [0.05, 0.1) is 18.0 Å². The fraction of sp³-hybridized carbons (Fsp3) is 0.292. The zero-order chi connectivity index (χ0) is 23.2. The van der Waals surface area contributed by atoms with Gasteiger partial charge < -0.3 is 9.42 Å². The van der Waals surface area contributed by atoms with Gasteiger partial charge in [0.25, 0.3) is 5.91 Å². The molecule has 0 fully saturated rings. The van der Waals surface area contributed by atoms with Gasteiger partial charge in [-0.25, -0.2) is 9.38 Å². The van der Waals surface area contributed by atoms with Crippen LogP contribution in [0.5, 0.6) is 0 Å². The third-order valence-electron chi connectivity index (χ3n) is 5.40. The molecule has 33 heavy (non-hydrogen) atoms. The van der Waals surface area contributed by atoms with E-state index in [-0.39, 0.29) is 12.2 Å². The minimum Gasteiger partial charge on any atom is -0.360 e. The molecular formula is C24H23FN4O3S. The van der Waals surface area contributed by atoms with E-state index in [0.29, 0.717) is 25.8 Å². The zero-order valence-electron chi connectivity index (χ0n) is 18.2. The van der Waals surface area contributed by atoms with Crippen LogP contribution >= 0.6 is 11.8 Å². The summed E-state index contributed by atoms with van der Waals surface area (Å²) in [6.45, 7) is 0.589. The number of nitrogens with zero attached hydrogens (tertiary/aromatic N) is 4. The van der Waals surface area contributed by atoms with Crippen LogP contribution in [0.4, 0.5) is 15.8 Å². The first-order valence-corrected chi connectivity index (χ1v) is 12.0. The van der Waals surface area contributed by atoms with Crippen molar-refractivity contribution < 1.29 is 13.7 Å². The van der Waals surface area contributed by atoms with Gasteiger partial charge >= 0.3 is 0 Å². The number of fused-ring (bicyclic) bond motifs is 1. The Labute approximate surface area is 195 Å². The molecule has 0 radical (unpaired) electrons. The molecule has 170 valence electrons. The summed E-state index contributed by atoms with van der Waals surface area (Å²) in [7, 11) is 0. The molecule has 3 aromatic rings. The molecule has 0 atom stereocenters. The third-order valence-corrected chi connectivity index (χ3v) is 5.97. The predicted octanol–water partition coefficient (Wildman–Crippen LogP) is 6.25. The topological polar surface area (TPSA) is 88.1 Å². The van der Waals surface area contributed by atoms with Crippen LogP contribution < -0.4 is 4.90 Å². The number of amides is 1. The Morgan fingerprint density at radius 3 is 2.76 bits per heavy atom. The molecule has 0 bridgehead atoms. The Balaban J connectivity index is 1.60. The Morgan fingerprint density at radius 2 is 2.00 bits per heavy atom. The maximum absolute atomic E-state index is 13.5. The molecule has 1 aromatic heterocycles. The molecule has 9 heteroatoms. The van der Waals surface area contributed by atoms with Crippen LogP contribution in [-0.4, -0.2) is 23.2 Å². The van der Waals surface area contributed by atoms with Crippen molar-refractivity contribution in [3.8, 4) is 11.3 Å². The number of halogens is 1. The Bertz CT molecular complexity index is 1180. The molecule has 0 N–H and O–H groups in total. The lowest BCUT2D eigenvalue weighted by molar-refractivity contribution is -0.118. The standard InChI is InChI=1S/C24H23FN4O3S/c1-33-15-20-13-22(28-32-20)16-6-7-17-14-29(19-10-8-18(25)9-11-19)23(26-21(17)12-16)4-2-3-5-24(30)27-31/h6-13H,2-5,14-15H2,1H3. The molecule has 0 saturated carbocycles. The third kappa shape index (κ3) is 5.54. The smallest absolute Gasteiger partial charge is 0.286 e. The quantitative estimate of drug-likeness (QED) is 0.274. The first kappa shape index (κ1) is 22.8. The van der Waals surface area contributed by atoms with Crippen LogP contribution in [0.2, 0.25) is 0 Å². The minimum atomic E-state index is -0.639. The lowest BCUT2D eigenvalue weighted by Crippen LogP contribution is -2.32. The molecule has 0 saturated heterocycles. The SMILES string of the molecule is CSCc1cc(-c2ccc3c(c2)N=C(CCCCC(=O)N=O)N(c2ccc(F)cc2)C3)no1. The first-order valence-electron chi connectivity index (χ1n) is 10.6. The maximum Gasteiger partial charge on any atom is 0.286 e. The average Bonchev–Trinajstić information content (AvgIpc) is 3.30. The number of carbonyl (C=O) groups is 1. The molecule has 7 nitrogen and oxygen atoms in total. The Kier molecular flexibility index (Phi) is 7.29. The lowest BCUT2D eigenvalue weighted by atomic mass is 10.0. The van der Waals surface area contributed by atoms with Crippen LogP contribution in [0.25, 0.3) is 11.3 Å². The summed E-state index contributed by atoms with van der Waals surface area (Å²) in [5.41, 5.74) is 4.42. The molecule has 4 rings (SSSR count). The number of aromatic nitrogens is 1. The van der Waals surface area contributed by atoms with Crippen LogP contribution in [-0.2, 0) is 17.1 Å². The van der Waals surface area contributed by atoms with Crippen molar-refractivity contribution in [3.63, 3.8) is 0 Å². The van der Waals surface area contributed by atoms with E-state index < -0.39 is 5.91 Å². The number of rotatable bonds is 9. The van der Waals surface area contributed by atoms with Gasteiger partial charge in [0, 0.05) is 35.3 Å². The highest BCUT2D eigenvalue weighted by atomic mass is 32.2. The summed E-state index contributed by atoms with van der Waals surface area (Å²) in [5, 5.41) is 6.63. The highest BCUT2D eigenvalue weighted by Crippen LogP contribution is 2.34. The first-order chi connectivity index (χ1) is 16.1. The summed E-state index contributed by atoms with van der Waals surface area (Å²) in [6.07, 6.45) is 3.96. The van der Waals surface area contributed by atoms with Gasteiger partial charge in [0.15, 0.2) is 0 Å². The summed E-state index contributed by atoms with van der Waals surface area (Å²) in [6, 6.07) is 14.3. The van der Waals surface area contributed by atoms with E-state index >= 15 is 0 Å². The molecule has 1 aliphatic heterocycles. The number of hydrogen-bond donors (Lipinski definition) is 0. The molecule has 2 aromatic carbocycles. The van der Waals surface area contributed by atoms with E-state index in [0.717, 1.165) is 45.5 Å². The van der Waals surface area contributed by atoms with Crippen molar-refractivity contribution in [2.45, 2.75) is 38.0 Å². The van der Waals surface area contributed by atoms with Gasteiger partial charge in [-0.15, -0.1) is 4.91 Å². The highest BCUT2D eigenvalue weighted by molar-refractivity contribution is 7.97. The van der Waals surface area contributed by atoms with Gasteiger partial charge in [0.1, 0.15) is 23.1 Å². The number of unbranched alkanes of at least 4 members (excludes halogenated alkanes) is 1. The van der Waals surface area contributed by atoms with E-state index in [4.69, 9.17) is 9.52 Å². The molecular weight excluding hydrogens is 443 g/mol. The number of nitroso groups, excluding NO2 is 1. The lowest BCUT2D eigenvalue weighted by Gasteiger charge is -2.31. The number of aliphatic imine (C=N–C) groups is 1. The van der Waals surface area contributed by atoms with Gasteiger partial charge in [-0.3, -0.25) is 4.79 Å². The van der Waals surface area contributed by atoms with E-state index in [1.165, 1.54) is 12.1 Å². The largest absolute Gasteiger partial charge is 0.360 e. The molecule has 0 aliphatic carbocycles. The van der Waals surface area contributed by atoms with Crippen molar-refractivity contribution in [3.05, 3.63) is 70.6 Å². The fourth-order valence-electron chi connectivity index (χ4n) is 3.74. The van der Waals surface area contributed by atoms with E-state index in [2.05, 4.69) is 10.3 Å². The van der Waals surface area contributed by atoms with E-state index in [9.17, 15) is 14.1 Å². The van der Waals surface area contributed by atoms with Crippen molar-refractivity contribution in [1.29, 1.82) is 0 Å². The molecule has 0 spiro atoms. The summed E-state index contributed by atoms with van der Waals surface area (Å²) in [4.78, 5) is 28.5. The maximum atomic E-state index is 13.5. The average molecular weight is 467 g/mol. The second kappa shape index (κ2) is 10.5. The molecule has 1 aliphatic rings. The number of hydrogen-bond acceptors (Lipinski definition) is 7. The Hall–Kier alpha value is -3.33. The summed E-state index contributed by atoms with van der Waals surface area (Å²) in [5.74, 6) is 1.46. The summed E-state index contributed by atoms with van der Waals surface area (Å²) >= 11 is 1.67. The number of carbonyl (C=O) groups excluding carboxylic acids is 1. The van der Waals surface area contributed by atoms with Crippen LogP contribution in [0.1, 0.15) is 37.0 Å². The van der Waals surface area contributed by atoms with Crippen LogP contribution in [0.15, 0.2) is 63.2 Å². The zero-order valence-corrected chi connectivity index (χ0v) is 19.0. The second-order valence-electron chi connectivity index (χ2n) is 7.74. The van der Waals surface area contributed by atoms with Crippen molar-refractivity contribution in [2.75, 3.05) is 11.2 Å². The molecule has 0 unspecified atom stereocenters. The van der Waals surface area contributed by atoms with E-state index in [1.54, 1.807) is 23.9 Å².